The number of hydrogen-bond donors (Lipinski definition) is 1. The van der Waals surface area contributed by atoms with Gasteiger partial charge >= 0.3 is 5.69 Å². The molecule has 74 valence electrons. The Labute approximate surface area is 81.8 Å². The zero-order chi connectivity index (χ0) is 10.9. The van der Waals surface area contributed by atoms with E-state index in [1.807, 2.05) is 0 Å². The number of benzene rings is 1. The molecule has 0 atom stereocenters. The van der Waals surface area contributed by atoms with E-state index in [1.165, 1.54) is 0 Å². The summed E-state index contributed by atoms with van der Waals surface area (Å²) in [4.78, 5) is 18.8. The fourth-order valence-electron chi connectivity index (χ4n) is 0.815. The van der Waals surface area contributed by atoms with E-state index in [-0.39, 0.29) is 0 Å². The number of phenols is 1. The van der Waals surface area contributed by atoms with Gasteiger partial charge in [0.1, 0.15) is 0 Å². The van der Waals surface area contributed by atoms with Gasteiger partial charge in [0.2, 0.25) is 5.75 Å². The van der Waals surface area contributed by atoms with E-state index in [2.05, 4.69) is 0 Å². The highest BCUT2D eigenvalue weighted by Crippen LogP contribution is 2.37. The fourth-order valence-corrected chi connectivity index (χ4v) is 1.02. The maximum absolute atomic E-state index is 10.3. The minimum atomic E-state index is -0.950. The summed E-state index contributed by atoms with van der Waals surface area (Å²) in [5.74, 6) is -0.776. The van der Waals surface area contributed by atoms with Crippen LogP contribution in [-0.2, 0) is 0 Å². The summed E-state index contributed by atoms with van der Waals surface area (Å²) in [6.45, 7) is 0. The zero-order valence-corrected chi connectivity index (χ0v) is 7.26. The van der Waals surface area contributed by atoms with Crippen molar-refractivity contribution < 1.29 is 15.0 Å². The second-order valence-corrected chi connectivity index (χ2v) is 2.72. The maximum atomic E-state index is 10.3. The van der Waals surface area contributed by atoms with Crippen molar-refractivity contribution >= 4 is 23.0 Å². The van der Waals surface area contributed by atoms with Crippen LogP contribution in [0, 0.1) is 20.2 Å². The van der Waals surface area contributed by atoms with Crippen LogP contribution in [0.3, 0.4) is 0 Å². The lowest BCUT2D eigenvalue weighted by molar-refractivity contribution is -0.394. The van der Waals surface area contributed by atoms with Gasteiger partial charge in [-0.1, -0.05) is 11.6 Å². The second-order valence-electron chi connectivity index (χ2n) is 2.31. The fraction of sp³-hybridized carbons (Fsp3) is 0. The SMILES string of the molecule is O=[N+]([O-])c1cc(Cl)c(O)c([N+](=O)[O-])c1. The molecule has 7 nitrogen and oxygen atoms in total. The highest BCUT2D eigenvalue weighted by Gasteiger charge is 2.22. The van der Waals surface area contributed by atoms with E-state index < -0.39 is 32.0 Å². The number of nitrogens with zero attached hydrogens (tertiary/aromatic N) is 2. The van der Waals surface area contributed by atoms with E-state index in [1.54, 1.807) is 0 Å². The number of rotatable bonds is 2. The minimum Gasteiger partial charge on any atom is -0.501 e. The summed E-state index contributed by atoms with van der Waals surface area (Å²) in [6.07, 6.45) is 0. The summed E-state index contributed by atoms with van der Waals surface area (Å²) in [5.41, 5.74) is -1.33. The Morgan fingerprint density at radius 2 is 1.79 bits per heavy atom. The van der Waals surface area contributed by atoms with Crippen molar-refractivity contribution in [3.63, 3.8) is 0 Å². The highest BCUT2D eigenvalue weighted by atomic mass is 35.5. The van der Waals surface area contributed by atoms with Crippen molar-refractivity contribution in [1.29, 1.82) is 0 Å². The topological polar surface area (TPSA) is 107 Å². The average Bonchev–Trinajstić information content (AvgIpc) is 2.08. The Hall–Kier alpha value is -1.89. The first-order valence-electron chi connectivity index (χ1n) is 3.24. The van der Waals surface area contributed by atoms with Gasteiger partial charge in [-0.05, 0) is 0 Å². The van der Waals surface area contributed by atoms with E-state index >= 15 is 0 Å². The Balaban J connectivity index is 3.43. The van der Waals surface area contributed by atoms with Crippen molar-refractivity contribution in [2.24, 2.45) is 0 Å². The van der Waals surface area contributed by atoms with Crippen LogP contribution in [0.4, 0.5) is 11.4 Å². The Kier molecular flexibility index (Phi) is 2.52. The predicted octanol–water partition coefficient (Wildman–Crippen LogP) is 1.86. The molecule has 0 saturated carbocycles. The predicted molar refractivity (Wildman–Crippen MR) is 46.4 cm³/mol. The molecule has 0 aliphatic carbocycles. The van der Waals surface area contributed by atoms with Crippen molar-refractivity contribution in [3.05, 3.63) is 37.4 Å². The van der Waals surface area contributed by atoms with Crippen LogP contribution in [0.2, 0.25) is 5.02 Å². The molecule has 0 aromatic heterocycles. The van der Waals surface area contributed by atoms with E-state index in [9.17, 15) is 20.2 Å². The van der Waals surface area contributed by atoms with E-state index in [0.29, 0.717) is 6.07 Å². The van der Waals surface area contributed by atoms with Crippen LogP contribution < -0.4 is 0 Å². The molecule has 0 bridgehead atoms. The first-order chi connectivity index (χ1) is 6.43. The van der Waals surface area contributed by atoms with Gasteiger partial charge in [-0.15, -0.1) is 0 Å². The first kappa shape index (κ1) is 10.2. The zero-order valence-electron chi connectivity index (χ0n) is 6.51. The molecule has 0 fully saturated rings. The molecule has 0 saturated heterocycles. The van der Waals surface area contributed by atoms with Crippen LogP contribution in [0.15, 0.2) is 12.1 Å². The van der Waals surface area contributed by atoms with Crippen LogP contribution in [0.1, 0.15) is 0 Å². The summed E-state index contributed by atoms with van der Waals surface area (Å²) in [6, 6.07) is 1.48. The number of hydrogen-bond acceptors (Lipinski definition) is 5. The van der Waals surface area contributed by atoms with Gasteiger partial charge in [0.25, 0.3) is 5.69 Å². The molecule has 0 amide bonds. The number of nitro groups is 2. The molecular formula is C6H3ClN2O5. The molecule has 0 heterocycles. The van der Waals surface area contributed by atoms with Gasteiger partial charge in [0.15, 0.2) is 0 Å². The molecule has 0 radical (unpaired) electrons. The number of aromatic hydroxyl groups is 1. The normalized spacial score (nSPS) is 9.79. The third kappa shape index (κ3) is 1.72. The van der Waals surface area contributed by atoms with Gasteiger partial charge in [0, 0.05) is 6.07 Å². The Morgan fingerprint density at radius 1 is 1.21 bits per heavy atom. The lowest BCUT2D eigenvalue weighted by Crippen LogP contribution is -1.93. The van der Waals surface area contributed by atoms with Gasteiger partial charge in [0.05, 0.1) is 20.9 Å². The van der Waals surface area contributed by atoms with Gasteiger partial charge in [-0.25, -0.2) is 0 Å². The molecule has 0 aliphatic rings. The van der Waals surface area contributed by atoms with Crippen LogP contribution in [0.5, 0.6) is 5.75 Å². The summed E-state index contributed by atoms with van der Waals surface area (Å²) in [5, 5.41) is 29.2. The summed E-state index contributed by atoms with van der Waals surface area (Å²) in [7, 11) is 0. The standard InChI is InChI=1S/C6H3ClN2O5/c7-4-1-3(8(11)12)2-5(6(4)10)9(13)14/h1-2,10H. The van der Waals surface area contributed by atoms with E-state index in [4.69, 9.17) is 16.7 Å². The minimum absolute atomic E-state index is 0.425. The molecule has 8 heteroatoms. The number of non-ortho nitro benzene ring substituents is 1. The first-order valence-corrected chi connectivity index (χ1v) is 3.62. The van der Waals surface area contributed by atoms with Crippen LogP contribution >= 0.6 is 11.6 Å². The summed E-state index contributed by atoms with van der Waals surface area (Å²) >= 11 is 5.35. The van der Waals surface area contributed by atoms with Crippen LogP contribution in [0.25, 0.3) is 0 Å². The van der Waals surface area contributed by atoms with E-state index in [0.717, 1.165) is 6.07 Å². The molecule has 1 rings (SSSR count). The van der Waals surface area contributed by atoms with Crippen molar-refractivity contribution in [2.45, 2.75) is 0 Å². The lowest BCUT2D eigenvalue weighted by Gasteiger charge is -1.98. The van der Waals surface area contributed by atoms with Crippen molar-refractivity contribution in [1.82, 2.24) is 0 Å². The Morgan fingerprint density at radius 3 is 2.21 bits per heavy atom. The molecule has 0 unspecified atom stereocenters. The third-order valence-electron chi connectivity index (χ3n) is 1.44. The number of nitro benzene ring substituents is 2. The molecule has 1 N–H and O–H groups in total. The molecule has 0 spiro atoms. The number of halogens is 1. The Bertz CT molecular complexity index is 419. The molecular weight excluding hydrogens is 216 g/mol. The van der Waals surface area contributed by atoms with Gasteiger partial charge in [-0.2, -0.15) is 0 Å². The molecule has 14 heavy (non-hydrogen) atoms. The lowest BCUT2D eigenvalue weighted by atomic mass is 10.2. The highest BCUT2D eigenvalue weighted by molar-refractivity contribution is 6.32. The van der Waals surface area contributed by atoms with Crippen molar-refractivity contribution in [2.75, 3.05) is 0 Å². The van der Waals surface area contributed by atoms with Crippen LogP contribution in [-0.4, -0.2) is 15.0 Å². The van der Waals surface area contributed by atoms with Gasteiger partial charge in [-0.3, -0.25) is 20.2 Å². The summed E-state index contributed by atoms with van der Waals surface area (Å²) < 4.78 is 0. The van der Waals surface area contributed by atoms with Crippen molar-refractivity contribution in [3.8, 4) is 5.75 Å². The average molecular weight is 219 g/mol. The van der Waals surface area contributed by atoms with Gasteiger partial charge < -0.3 is 5.11 Å². The quantitative estimate of drug-likeness (QED) is 0.602. The molecule has 1 aromatic rings. The monoisotopic (exact) mass is 218 g/mol. The maximum Gasteiger partial charge on any atom is 0.319 e. The second kappa shape index (κ2) is 3.46. The molecule has 1 aromatic carbocycles. The smallest absolute Gasteiger partial charge is 0.319 e. The molecule has 0 aliphatic heterocycles. The number of phenolic OH excluding ortho intramolecular Hbond substituents is 1. The third-order valence-corrected chi connectivity index (χ3v) is 1.72. The largest absolute Gasteiger partial charge is 0.501 e.